The molecule has 110 valence electrons. The van der Waals surface area contributed by atoms with Gasteiger partial charge in [-0.25, -0.2) is 0 Å². The number of nitrogens with one attached hydrogen (secondary N) is 1. The lowest BCUT2D eigenvalue weighted by Gasteiger charge is -2.13. The van der Waals surface area contributed by atoms with Gasteiger partial charge in [0.2, 0.25) is 6.79 Å². The summed E-state index contributed by atoms with van der Waals surface area (Å²) in [5, 5.41) is 3.14. The highest BCUT2D eigenvalue weighted by Gasteiger charge is 2.17. The van der Waals surface area contributed by atoms with Crippen LogP contribution in [0.1, 0.15) is 11.1 Å². The largest absolute Gasteiger partial charge is 0.488 e. The minimum Gasteiger partial charge on any atom is -0.488 e. The number of fused-ring (bicyclic) bond motifs is 1. The Morgan fingerprint density at radius 2 is 2.00 bits per heavy atom. The Kier molecular flexibility index (Phi) is 4.31. The van der Waals surface area contributed by atoms with Gasteiger partial charge in [-0.2, -0.15) is 0 Å². The van der Waals surface area contributed by atoms with Crippen molar-refractivity contribution in [2.45, 2.75) is 13.2 Å². The smallest absolute Gasteiger partial charge is 0.231 e. The number of benzene rings is 2. The summed E-state index contributed by atoms with van der Waals surface area (Å²) in [4.78, 5) is 0. The van der Waals surface area contributed by atoms with Gasteiger partial charge in [0.15, 0.2) is 11.5 Å². The monoisotopic (exact) mass is 349 g/mol. The summed E-state index contributed by atoms with van der Waals surface area (Å²) < 4.78 is 17.8. The van der Waals surface area contributed by atoms with Crippen LogP contribution >= 0.6 is 15.9 Å². The minimum atomic E-state index is 0.267. The molecule has 0 saturated heterocycles. The Hall–Kier alpha value is -1.72. The van der Waals surface area contributed by atoms with E-state index in [4.69, 9.17) is 14.2 Å². The first-order chi connectivity index (χ1) is 10.3. The van der Waals surface area contributed by atoms with Gasteiger partial charge in [0.05, 0.1) is 0 Å². The zero-order valence-electron chi connectivity index (χ0n) is 11.7. The first kappa shape index (κ1) is 14.2. The molecular weight excluding hydrogens is 334 g/mol. The first-order valence-electron chi connectivity index (χ1n) is 6.70. The maximum absolute atomic E-state index is 5.96. The topological polar surface area (TPSA) is 39.7 Å². The summed E-state index contributed by atoms with van der Waals surface area (Å²) in [7, 11) is 1.91. The Morgan fingerprint density at radius 1 is 1.19 bits per heavy atom. The lowest BCUT2D eigenvalue weighted by Crippen LogP contribution is -2.07. The number of hydrogen-bond acceptors (Lipinski definition) is 4. The third-order valence-corrected chi connectivity index (χ3v) is 3.70. The molecule has 1 aliphatic heterocycles. The molecule has 0 aliphatic carbocycles. The average Bonchev–Trinajstić information content (AvgIpc) is 2.92. The lowest BCUT2D eigenvalue weighted by molar-refractivity contribution is 0.173. The molecule has 3 rings (SSSR count). The molecule has 2 aromatic rings. The summed E-state index contributed by atoms with van der Waals surface area (Å²) in [5.74, 6) is 2.32. The molecule has 0 fully saturated rings. The molecule has 2 aromatic carbocycles. The minimum absolute atomic E-state index is 0.267. The highest BCUT2D eigenvalue weighted by Crippen LogP contribution is 2.38. The van der Waals surface area contributed by atoms with Crippen molar-refractivity contribution in [3.8, 4) is 17.2 Å². The summed E-state index contributed by atoms with van der Waals surface area (Å²) in [5.41, 5.74) is 2.16. The second-order valence-electron chi connectivity index (χ2n) is 4.76. The Balaban J connectivity index is 1.80. The molecule has 1 heterocycles. The van der Waals surface area contributed by atoms with Crippen LogP contribution in [-0.2, 0) is 13.2 Å². The van der Waals surface area contributed by atoms with Gasteiger partial charge in [-0.15, -0.1) is 0 Å². The normalized spacial score (nSPS) is 12.5. The van der Waals surface area contributed by atoms with Gasteiger partial charge in [0, 0.05) is 22.6 Å². The molecule has 0 aromatic heterocycles. The molecule has 0 spiro atoms. The van der Waals surface area contributed by atoms with Crippen LogP contribution in [0.25, 0.3) is 0 Å². The van der Waals surface area contributed by atoms with Crippen molar-refractivity contribution < 1.29 is 14.2 Å². The van der Waals surface area contributed by atoms with Crippen molar-refractivity contribution in [2.75, 3.05) is 13.8 Å². The van der Waals surface area contributed by atoms with E-state index in [-0.39, 0.29) is 6.79 Å². The van der Waals surface area contributed by atoms with E-state index in [9.17, 15) is 0 Å². The van der Waals surface area contributed by atoms with Crippen molar-refractivity contribution in [1.29, 1.82) is 0 Å². The van der Waals surface area contributed by atoms with Crippen molar-refractivity contribution in [3.05, 3.63) is 52.0 Å². The fourth-order valence-electron chi connectivity index (χ4n) is 2.22. The maximum Gasteiger partial charge on any atom is 0.231 e. The molecule has 0 bridgehead atoms. The van der Waals surface area contributed by atoms with Crippen LogP contribution in [0.3, 0.4) is 0 Å². The third-order valence-electron chi connectivity index (χ3n) is 3.21. The molecule has 5 heteroatoms. The highest BCUT2D eigenvalue weighted by atomic mass is 79.9. The van der Waals surface area contributed by atoms with E-state index in [0.29, 0.717) is 13.2 Å². The summed E-state index contributed by atoms with van der Waals surface area (Å²) in [6.07, 6.45) is 0. The second-order valence-corrected chi connectivity index (χ2v) is 5.68. The Morgan fingerprint density at radius 3 is 2.76 bits per heavy atom. The van der Waals surface area contributed by atoms with Gasteiger partial charge in [0.25, 0.3) is 0 Å². The Labute approximate surface area is 132 Å². The molecule has 0 atom stereocenters. The third kappa shape index (κ3) is 3.31. The fourth-order valence-corrected chi connectivity index (χ4v) is 2.66. The summed E-state index contributed by atoms with van der Waals surface area (Å²) in [6, 6.07) is 11.9. The number of hydrogen-bond donors (Lipinski definition) is 1. The van der Waals surface area contributed by atoms with Gasteiger partial charge in [-0.05, 0) is 30.8 Å². The van der Waals surface area contributed by atoms with E-state index in [2.05, 4.69) is 21.2 Å². The SMILES string of the molecule is CNCc1cc2c(cc1OCc1cccc(Br)c1)OCO2. The fraction of sp³-hybridized carbons (Fsp3) is 0.250. The molecule has 0 amide bonds. The average molecular weight is 350 g/mol. The summed E-state index contributed by atoms with van der Waals surface area (Å²) >= 11 is 3.47. The van der Waals surface area contributed by atoms with Gasteiger partial charge in [-0.3, -0.25) is 0 Å². The van der Waals surface area contributed by atoms with E-state index >= 15 is 0 Å². The predicted molar refractivity (Wildman–Crippen MR) is 83.8 cm³/mol. The first-order valence-corrected chi connectivity index (χ1v) is 7.50. The van der Waals surface area contributed by atoms with Crippen molar-refractivity contribution in [2.24, 2.45) is 0 Å². The van der Waals surface area contributed by atoms with Crippen molar-refractivity contribution in [3.63, 3.8) is 0 Å². The van der Waals surface area contributed by atoms with Gasteiger partial charge in [0.1, 0.15) is 12.4 Å². The standard InChI is InChI=1S/C16H16BrNO3/c1-18-8-12-6-15-16(21-10-20-15)7-14(12)19-9-11-3-2-4-13(17)5-11/h2-7,18H,8-10H2,1H3. The number of halogens is 1. The molecule has 21 heavy (non-hydrogen) atoms. The lowest BCUT2D eigenvalue weighted by atomic mass is 10.1. The van der Waals surface area contributed by atoms with E-state index in [1.807, 2.05) is 43.4 Å². The van der Waals surface area contributed by atoms with Crippen LogP contribution < -0.4 is 19.5 Å². The van der Waals surface area contributed by atoms with Crippen LogP contribution in [0.2, 0.25) is 0 Å². The molecule has 1 N–H and O–H groups in total. The van der Waals surface area contributed by atoms with Crippen LogP contribution in [0.15, 0.2) is 40.9 Å². The van der Waals surface area contributed by atoms with Crippen molar-refractivity contribution >= 4 is 15.9 Å². The van der Waals surface area contributed by atoms with Gasteiger partial charge in [-0.1, -0.05) is 28.1 Å². The molecule has 0 saturated carbocycles. The van der Waals surface area contributed by atoms with Crippen LogP contribution in [-0.4, -0.2) is 13.8 Å². The van der Waals surface area contributed by atoms with Crippen LogP contribution in [0, 0.1) is 0 Å². The predicted octanol–water partition coefficient (Wildman–Crippen LogP) is 3.48. The van der Waals surface area contributed by atoms with E-state index in [1.165, 1.54) is 0 Å². The molecule has 0 unspecified atom stereocenters. The zero-order chi connectivity index (χ0) is 14.7. The summed E-state index contributed by atoms with van der Waals surface area (Å²) in [6.45, 7) is 1.49. The van der Waals surface area contributed by atoms with Gasteiger partial charge >= 0.3 is 0 Å². The Bertz CT molecular complexity index is 645. The van der Waals surface area contributed by atoms with Crippen LogP contribution in [0.4, 0.5) is 0 Å². The zero-order valence-corrected chi connectivity index (χ0v) is 13.3. The van der Waals surface area contributed by atoms with E-state index in [1.54, 1.807) is 0 Å². The highest BCUT2D eigenvalue weighted by molar-refractivity contribution is 9.10. The second kappa shape index (κ2) is 6.37. The van der Waals surface area contributed by atoms with Crippen molar-refractivity contribution in [1.82, 2.24) is 5.32 Å². The quantitative estimate of drug-likeness (QED) is 0.896. The molecule has 4 nitrogen and oxygen atoms in total. The van der Waals surface area contributed by atoms with Gasteiger partial charge < -0.3 is 19.5 Å². The van der Waals surface area contributed by atoms with Crippen LogP contribution in [0.5, 0.6) is 17.2 Å². The maximum atomic E-state index is 5.96. The number of ether oxygens (including phenoxy) is 3. The number of rotatable bonds is 5. The molecular formula is C16H16BrNO3. The molecule has 1 aliphatic rings. The molecule has 0 radical (unpaired) electrons. The van der Waals surface area contributed by atoms with E-state index in [0.717, 1.165) is 32.8 Å². The van der Waals surface area contributed by atoms with E-state index < -0.39 is 0 Å².